The van der Waals surface area contributed by atoms with Crippen molar-refractivity contribution < 1.29 is 22.8 Å². The van der Waals surface area contributed by atoms with Crippen LogP contribution in [-0.4, -0.2) is 11.1 Å². The summed E-state index contributed by atoms with van der Waals surface area (Å²) in [5.41, 5.74) is 0.312. The molecule has 0 aliphatic rings. The maximum absolute atomic E-state index is 13.1. The van der Waals surface area contributed by atoms with Crippen molar-refractivity contribution >= 4 is 5.69 Å². The highest BCUT2D eigenvalue weighted by Crippen LogP contribution is 2.36. The molecule has 0 aliphatic heterocycles. The van der Waals surface area contributed by atoms with E-state index in [1.165, 1.54) is 48.5 Å². The van der Waals surface area contributed by atoms with Crippen LogP contribution in [0.15, 0.2) is 54.6 Å². The van der Waals surface area contributed by atoms with E-state index in [4.69, 9.17) is 4.74 Å². The molecule has 0 fully saturated rings. The number of non-ortho nitro benzene ring substituents is 1. The van der Waals surface area contributed by atoms with Gasteiger partial charge in [0.2, 0.25) is 0 Å². The highest BCUT2D eigenvalue weighted by Gasteiger charge is 2.41. The normalized spacial score (nSPS) is 12.9. The van der Waals surface area contributed by atoms with Crippen LogP contribution in [0.1, 0.15) is 17.2 Å². The van der Waals surface area contributed by atoms with Gasteiger partial charge < -0.3 is 4.74 Å². The first kappa shape index (κ1) is 16.0. The quantitative estimate of drug-likeness (QED) is 0.607. The molecule has 0 heterocycles. The molecule has 0 saturated carbocycles. The first-order valence-electron chi connectivity index (χ1n) is 6.34. The number of rotatable bonds is 5. The van der Waals surface area contributed by atoms with E-state index in [-0.39, 0.29) is 17.9 Å². The van der Waals surface area contributed by atoms with Gasteiger partial charge in [-0.1, -0.05) is 30.3 Å². The Bertz CT molecular complexity index is 627. The predicted octanol–water partition coefficient (Wildman–Crippen LogP) is 4.42. The summed E-state index contributed by atoms with van der Waals surface area (Å²) in [7, 11) is 0. The number of hydrogen-bond acceptors (Lipinski definition) is 3. The lowest BCUT2D eigenvalue weighted by molar-refractivity contribution is -0.384. The average Bonchev–Trinajstić information content (AvgIpc) is 2.47. The molecule has 2 rings (SSSR count). The van der Waals surface area contributed by atoms with Crippen LogP contribution in [0.2, 0.25) is 0 Å². The average molecular weight is 311 g/mol. The van der Waals surface area contributed by atoms with Crippen LogP contribution >= 0.6 is 0 Å². The topological polar surface area (TPSA) is 52.4 Å². The molecule has 7 heteroatoms. The van der Waals surface area contributed by atoms with Crippen molar-refractivity contribution in [2.75, 3.05) is 0 Å². The molecule has 116 valence electrons. The summed E-state index contributed by atoms with van der Waals surface area (Å²) in [5.74, 6) is 0. The molecular formula is C15H12F3NO3. The van der Waals surface area contributed by atoms with Gasteiger partial charge >= 0.3 is 6.18 Å². The Labute approximate surface area is 124 Å². The van der Waals surface area contributed by atoms with Crippen molar-refractivity contribution in [1.82, 2.24) is 0 Å². The van der Waals surface area contributed by atoms with Crippen LogP contribution < -0.4 is 0 Å². The molecule has 0 saturated heterocycles. The second kappa shape index (κ2) is 6.57. The second-order valence-electron chi connectivity index (χ2n) is 4.57. The zero-order chi connectivity index (χ0) is 16.2. The largest absolute Gasteiger partial charge is 0.418 e. The Hall–Kier alpha value is -2.41. The molecule has 0 aliphatic carbocycles. The summed E-state index contributed by atoms with van der Waals surface area (Å²) in [6.07, 6.45) is -6.58. The number of hydrogen-bond donors (Lipinski definition) is 0. The van der Waals surface area contributed by atoms with Crippen molar-refractivity contribution in [3.8, 4) is 0 Å². The standard InChI is InChI=1S/C15H12F3NO3/c16-15(17,18)14(12-4-2-1-3-5-12)22-10-11-6-8-13(9-7-11)19(20)21/h1-9,14H,10H2. The first-order valence-corrected chi connectivity index (χ1v) is 6.34. The molecule has 0 radical (unpaired) electrons. The van der Waals surface area contributed by atoms with E-state index in [1.807, 2.05) is 0 Å². The Kier molecular flexibility index (Phi) is 4.77. The maximum Gasteiger partial charge on any atom is 0.418 e. The third-order valence-electron chi connectivity index (χ3n) is 2.96. The molecule has 2 aromatic rings. The smallest absolute Gasteiger partial charge is 0.359 e. The number of alkyl halides is 3. The lowest BCUT2D eigenvalue weighted by Crippen LogP contribution is -2.23. The van der Waals surface area contributed by atoms with E-state index in [9.17, 15) is 23.3 Å². The molecule has 0 bridgehead atoms. The molecule has 0 aromatic heterocycles. The van der Waals surface area contributed by atoms with Gasteiger partial charge in [-0.2, -0.15) is 13.2 Å². The van der Waals surface area contributed by atoms with E-state index in [2.05, 4.69) is 0 Å². The molecule has 2 aromatic carbocycles. The van der Waals surface area contributed by atoms with Gasteiger partial charge in [-0.25, -0.2) is 0 Å². The Morgan fingerprint density at radius 1 is 1.05 bits per heavy atom. The number of nitro benzene ring substituents is 1. The van der Waals surface area contributed by atoms with Gasteiger partial charge in [0.1, 0.15) is 0 Å². The SMILES string of the molecule is O=[N+]([O-])c1ccc(COC(c2ccccc2)C(F)(F)F)cc1. The Morgan fingerprint density at radius 2 is 1.64 bits per heavy atom. The van der Waals surface area contributed by atoms with E-state index in [0.717, 1.165) is 0 Å². The van der Waals surface area contributed by atoms with Crippen molar-refractivity contribution in [3.05, 3.63) is 75.8 Å². The zero-order valence-electron chi connectivity index (χ0n) is 11.3. The Balaban J connectivity index is 2.10. The van der Waals surface area contributed by atoms with Gasteiger partial charge in [0.15, 0.2) is 6.10 Å². The monoisotopic (exact) mass is 311 g/mol. The zero-order valence-corrected chi connectivity index (χ0v) is 11.3. The summed E-state index contributed by atoms with van der Waals surface area (Å²) in [6.45, 7) is -0.295. The van der Waals surface area contributed by atoms with Crippen LogP contribution in [0.3, 0.4) is 0 Å². The molecule has 1 atom stereocenters. The van der Waals surface area contributed by atoms with Gasteiger partial charge in [0.05, 0.1) is 11.5 Å². The van der Waals surface area contributed by atoms with E-state index in [0.29, 0.717) is 5.56 Å². The van der Waals surface area contributed by atoms with Gasteiger partial charge in [-0.3, -0.25) is 10.1 Å². The molecular weight excluding hydrogens is 299 g/mol. The molecule has 1 unspecified atom stereocenters. The minimum absolute atomic E-state index is 0.0110. The minimum Gasteiger partial charge on any atom is -0.359 e. The highest BCUT2D eigenvalue weighted by atomic mass is 19.4. The summed E-state index contributed by atoms with van der Waals surface area (Å²) in [6, 6.07) is 12.5. The molecule has 4 nitrogen and oxygen atoms in total. The second-order valence-corrected chi connectivity index (χ2v) is 4.57. The molecule has 0 amide bonds. The van der Waals surface area contributed by atoms with Crippen molar-refractivity contribution in [3.63, 3.8) is 0 Å². The van der Waals surface area contributed by atoms with Crippen LogP contribution in [0.25, 0.3) is 0 Å². The van der Waals surface area contributed by atoms with Crippen LogP contribution in [0, 0.1) is 10.1 Å². The number of halogens is 3. The van der Waals surface area contributed by atoms with Crippen molar-refractivity contribution in [1.29, 1.82) is 0 Å². The number of nitro groups is 1. The lowest BCUT2D eigenvalue weighted by Gasteiger charge is -2.21. The van der Waals surface area contributed by atoms with Crippen molar-refractivity contribution in [2.24, 2.45) is 0 Å². The third kappa shape index (κ3) is 4.05. The van der Waals surface area contributed by atoms with Gasteiger partial charge in [0.25, 0.3) is 5.69 Å². The van der Waals surface area contributed by atoms with Crippen LogP contribution in [0.4, 0.5) is 18.9 Å². The maximum atomic E-state index is 13.1. The third-order valence-corrected chi connectivity index (χ3v) is 2.96. The molecule has 0 N–H and O–H groups in total. The predicted molar refractivity (Wildman–Crippen MR) is 73.1 cm³/mol. The number of nitrogens with zero attached hydrogens (tertiary/aromatic N) is 1. The van der Waals surface area contributed by atoms with Crippen molar-refractivity contribution in [2.45, 2.75) is 18.9 Å². The molecule has 22 heavy (non-hydrogen) atoms. The highest BCUT2D eigenvalue weighted by molar-refractivity contribution is 5.32. The fourth-order valence-corrected chi connectivity index (χ4v) is 1.90. The van der Waals surface area contributed by atoms with Crippen LogP contribution in [0.5, 0.6) is 0 Å². The van der Waals surface area contributed by atoms with E-state index < -0.39 is 17.2 Å². The van der Waals surface area contributed by atoms with Gasteiger partial charge in [0, 0.05) is 12.1 Å². The van der Waals surface area contributed by atoms with E-state index in [1.54, 1.807) is 6.07 Å². The van der Waals surface area contributed by atoms with Gasteiger partial charge in [-0.05, 0) is 23.3 Å². The fraction of sp³-hybridized carbons (Fsp3) is 0.200. The fourth-order valence-electron chi connectivity index (χ4n) is 1.90. The lowest BCUT2D eigenvalue weighted by atomic mass is 10.1. The minimum atomic E-state index is -4.54. The summed E-state index contributed by atoms with van der Waals surface area (Å²) < 4.78 is 44.2. The summed E-state index contributed by atoms with van der Waals surface area (Å²) >= 11 is 0. The first-order chi connectivity index (χ1) is 10.4. The summed E-state index contributed by atoms with van der Waals surface area (Å²) in [4.78, 5) is 9.94. The van der Waals surface area contributed by atoms with E-state index >= 15 is 0 Å². The summed E-state index contributed by atoms with van der Waals surface area (Å²) in [5, 5.41) is 10.5. The van der Waals surface area contributed by atoms with Crippen LogP contribution in [-0.2, 0) is 11.3 Å². The molecule has 0 spiro atoms. The Morgan fingerprint density at radius 3 is 2.14 bits per heavy atom. The number of ether oxygens (including phenoxy) is 1. The van der Waals surface area contributed by atoms with Gasteiger partial charge in [-0.15, -0.1) is 0 Å². The number of benzene rings is 2.